The van der Waals surface area contributed by atoms with Gasteiger partial charge in [0.1, 0.15) is 11.8 Å². The van der Waals surface area contributed by atoms with E-state index in [-0.39, 0.29) is 5.78 Å². The lowest BCUT2D eigenvalue weighted by Crippen LogP contribution is -1.95. The van der Waals surface area contributed by atoms with Crippen molar-refractivity contribution in [3.05, 3.63) is 36.1 Å². The highest BCUT2D eigenvalue weighted by molar-refractivity contribution is 6.06. The Morgan fingerprint density at radius 2 is 2.14 bits per heavy atom. The number of fused-ring (bicyclic) bond motifs is 1. The van der Waals surface area contributed by atoms with E-state index < -0.39 is 0 Å². The van der Waals surface area contributed by atoms with Gasteiger partial charge in [0.15, 0.2) is 5.78 Å². The van der Waals surface area contributed by atoms with Gasteiger partial charge in [0.2, 0.25) is 0 Å². The molecule has 14 heavy (non-hydrogen) atoms. The fourth-order valence-electron chi connectivity index (χ4n) is 1.56. The second-order valence-corrected chi connectivity index (χ2v) is 3.32. The second kappa shape index (κ2) is 3.66. The molecule has 2 heteroatoms. The number of furan rings is 1. The van der Waals surface area contributed by atoms with Crippen molar-refractivity contribution in [1.82, 2.24) is 0 Å². The SMILES string of the molecule is CCCC(=O)c1coc2ccccc12. The molecule has 1 aromatic heterocycles. The van der Waals surface area contributed by atoms with Gasteiger partial charge in [-0.3, -0.25) is 4.79 Å². The van der Waals surface area contributed by atoms with Crippen LogP contribution in [0.1, 0.15) is 30.1 Å². The molecule has 0 aliphatic heterocycles. The van der Waals surface area contributed by atoms with Crippen molar-refractivity contribution in [2.75, 3.05) is 0 Å². The number of hydrogen-bond donors (Lipinski definition) is 0. The Kier molecular flexibility index (Phi) is 2.35. The zero-order valence-corrected chi connectivity index (χ0v) is 8.12. The Balaban J connectivity index is 2.47. The first kappa shape index (κ1) is 9.00. The molecule has 72 valence electrons. The standard InChI is InChI=1S/C12H12O2/c1-2-5-11(13)10-8-14-12-7-4-3-6-9(10)12/h3-4,6-8H,2,5H2,1H3. The molecule has 2 aromatic rings. The van der Waals surface area contributed by atoms with Crippen molar-refractivity contribution < 1.29 is 9.21 Å². The molecule has 0 saturated carbocycles. The van der Waals surface area contributed by atoms with Gasteiger partial charge >= 0.3 is 0 Å². The Morgan fingerprint density at radius 3 is 2.93 bits per heavy atom. The predicted molar refractivity (Wildman–Crippen MR) is 55.5 cm³/mol. The molecule has 0 saturated heterocycles. The Hall–Kier alpha value is -1.57. The molecule has 0 aliphatic rings. The smallest absolute Gasteiger partial charge is 0.166 e. The van der Waals surface area contributed by atoms with Crippen molar-refractivity contribution >= 4 is 16.8 Å². The number of para-hydroxylation sites is 1. The molecule has 0 bridgehead atoms. The lowest BCUT2D eigenvalue weighted by molar-refractivity contribution is 0.0982. The summed E-state index contributed by atoms with van der Waals surface area (Å²) in [6.07, 6.45) is 3.02. The Morgan fingerprint density at radius 1 is 1.36 bits per heavy atom. The maximum absolute atomic E-state index is 11.7. The largest absolute Gasteiger partial charge is 0.464 e. The van der Waals surface area contributed by atoms with Gasteiger partial charge in [-0.05, 0) is 12.5 Å². The quantitative estimate of drug-likeness (QED) is 0.691. The minimum Gasteiger partial charge on any atom is -0.464 e. The molecular formula is C12H12O2. The third-order valence-corrected chi connectivity index (χ3v) is 2.26. The molecule has 2 rings (SSSR count). The Labute approximate surface area is 82.5 Å². The number of rotatable bonds is 3. The van der Waals surface area contributed by atoms with Crippen LogP contribution in [0.25, 0.3) is 11.0 Å². The molecule has 0 radical (unpaired) electrons. The van der Waals surface area contributed by atoms with Crippen molar-refractivity contribution in [3.8, 4) is 0 Å². The third kappa shape index (κ3) is 1.43. The van der Waals surface area contributed by atoms with Crippen LogP contribution >= 0.6 is 0 Å². The average molecular weight is 188 g/mol. The molecular weight excluding hydrogens is 176 g/mol. The number of hydrogen-bond acceptors (Lipinski definition) is 2. The summed E-state index contributed by atoms with van der Waals surface area (Å²) in [5, 5.41) is 0.922. The minimum atomic E-state index is 0.164. The van der Waals surface area contributed by atoms with E-state index in [0.29, 0.717) is 12.0 Å². The topological polar surface area (TPSA) is 30.2 Å². The van der Waals surface area contributed by atoms with Gasteiger partial charge in [0, 0.05) is 11.8 Å². The lowest BCUT2D eigenvalue weighted by atomic mass is 10.1. The summed E-state index contributed by atoms with van der Waals surface area (Å²) >= 11 is 0. The molecule has 2 nitrogen and oxygen atoms in total. The van der Waals surface area contributed by atoms with Crippen LogP contribution in [0.5, 0.6) is 0 Å². The average Bonchev–Trinajstić information content (AvgIpc) is 2.61. The summed E-state index contributed by atoms with van der Waals surface area (Å²) in [4.78, 5) is 11.7. The van der Waals surface area contributed by atoms with Gasteiger partial charge in [-0.2, -0.15) is 0 Å². The van der Waals surface area contributed by atoms with Crippen LogP contribution in [0.2, 0.25) is 0 Å². The monoisotopic (exact) mass is 188 g/mol. The maximum Gasteiger partial charge on any atom is 0.166 e. The van der Waals surface area contributed by atoms with Crippen LogP contribution in [0, 0.1) is 0 Å². The highest BCUT2D eigenvalue weighted by Crippen LogP contribution is 2.22. The molecule has 0 aliphatic carbocycles. The van der Waals surface area contributed by atoms with E-state index in [2.05, 4.69) is 0 Å². The molecule has 1 heterocycles. The van der Waals surface area contributed by atoms with E-state index in [1.165, 1.54) is 0 Å². The summed E-state index contributed by atoms with van der Waals surface area (Å²) in [5.74, 6) is 0.164. The molecule has 0 unspecified atom stereocenters. The first-order valence-electron chi connectivity index (χ1n) is 4.82. The van der Waals surface area contributed by atoms with Crippen molar-refractivity contribution in [1.29, 1.82) is 0 Å². The minimum absolute atomic E-state index is 0.164. The van der Waals surface area contributed by atoms with Gasteiger partial charge in [-0.25, -0.2) is 0 Å². The van der Waals surface area contributed by atoms with Crippen molar-refractivity contribution in [3.63, 3.8) is 0 Å². The molecule has 0 spiro atoms. The zero-order chi connectivity index (χ0) is 9.97. The molecule has 1 aromatic carbocycles. The van der Waals surface area contributed by atoms with Gasteiger partial charge < -0.3 is 4.42 Å². The van der Waals surface area contributed by atoms with Gasteiger partial charge in [-0.1, -0.05) is 25.1 Å². The van der Waals surface area contributed by atoms with E-state index in [1.807, 2.05) is 31.2 Å². The van der Waals surface area contributed by atoms with E-state index in [4.69, 9.17) is 4.42 Å². The summed E-state index contributed by atoms with van der Waals surface area (Å²) in [6, 6.07) is 7.61. The highest BCUT2D eigenvalue weighted by Gasteiger charge is 2.11. The van der Waals surface area contributed by atoms with E-state index >= 15 is 0 Å². The summed E-state index contributed by atoms with van der Waals surface area (Å²) in [6.45, 7) is 2.00. The number of carbonyl (C=O) groups excluding carboxylic acids is 1. The number of benzene rings is 1. The van der Waals surface area contributed by atoms with Crippen LogP contribution < -0.4 is 0 Å². The molecule has 0 atom stereocenters. The van der Waals surface area contributed by atoms with Crippen LogP contribution in [0.15, 0.2) is 34.9 Å². The van der Waals surface area contributed by atoms with E-state index in [1.54, 1.807) is 6.26 Å². The summed E-state index contributed by atoms with van der Waals surface area (Å²) in [5.41, 5.74) is 1.49. The normalized spacial score (nSPS) is 10.6. The van der Waals surface area contributed by atoms with Crippen LogP contribution in [0.3, 0.4) is 0 Å². The van der Waals surface area contributed by atoms with Crippen molar-refractivity contribution in [2.24, 2.45) is 0 Å². The van der Waals surface area contributed by atoms with Crippen LogP contribution in [-0.2, 0) is 0 Å². The first-order valence-corrected chi connectivity index (χ1v) is 4.82. The zero-order valence-electron chi connectivity index (χ0n) is 8.12. The molecule has 0 fully saturated rings. The second-order valence-electron chi connectivity index (χ2n) is 3.32. The maximum atomic E-state index is 11.7. The first-order chi connectivity index (χ1) is 6.83. The fourth-order valence-corrected chi connectivity index (χ4v) is 1.56. The van der Waals surface area contributed by atoms with Crippen LogP contribution in [0.4, 0.5) is 0 Å². The van der Waals surface area contributed by atoms with Crippen LogP contribution in [-0.4, -0.2) is 5.78 Å². The Bertz CT molecular complexity index is 454. The summed E-state index contributed by atoms with van der Waals surface area (Å²) in [7, 11) is 0. The van der Waals surface area contributed by atoms with Gasteiger partial charge in [-0.15, -0.1) is 0 Å². The van der Waals surface area contributed by atoms with E-state index in [0.717, 1.165) is 17.4 Å². The highest BCUT2D eigenvalue weighted by atomic mass is 16.3. The number of Topliss-reactive ketones (excluding diaryl/α,β-unsaturated/α-hetero) is 1. The number of carbonyl (C=O) groups is 1. The summed E-state index contributed by atoms with van der Waals surface area (Å²) < 4.78 is 5.30. The van der Waals surface area contributed by atoms with E-state index in [9.17, 15) is 4.79 Å². The van der Waals surface area contributed by atoms with Gasteiger partial charge in [0.25, 0.3) is 0 Å². The fraction of sp³-hybridized carbons (Fsp3) is 0.250. The van der Waals surface area contributed by atoms with Gasteiger partial charge in [0.05, 0.1) is 5.56 Å². The number of ketones is 1. The molecule has 0 amide bonds. The third-order valence-electron chi connectivity index (χ3n) is 2.26. The molecule has 0 N–H and O–H groups in total. The lowest BCUT2D eigenvalue weighted by Gasteiger charge is -1.94. The van der Waals surface area contributed by atoms with Crippen molar-refractivity contribution in [2.45, 2.75) is 19.8 Å². The predicted octanol–water partition coefficient (Wildman–Crippen LogP) is 3.42.